The van der Waals surface area contributed by atoms with E-state index in [1.54, 1.807) is 12.1 Å². The maximum atomic E-state index is 14.0. The number of carbonyl (C=O) groups excluding carboxylic acids is 1. The van der Waals surface area contributed by atoms with Gasteiger partial charge in [-0.05, 0) is 104 Å². The third-order valence-corrected chi connectivity index (χ3v) is 9.15. The first kappa shape index (κ1) is 22.0. The molecule has 1 aliphatic heterocycles. The van der Waals surface area contributed by atoms with Crippen molar-refractivity contribution >= 4 is 27.8 Å². The van der Waals surface area contributed by atoms with Gasteiger partial charge in [-0.15, -0.1) is 0 Å². The Bertz CT molecular complexity index is 1470. The number of hydrogen-bond acceptors (Lipinski definition) is 3. The molecule has 2 aliphatic carbocycles. The molecule has 1 amide bonds. The average molecular weight is 483 g/mol. The van der Waals surface area contributed by atoms with Gasteiger partial charge in [-0.25, -0.2) is 9.37 Å². The number of hydrogen-bond donors (Lipinski definition) is 1. The van der Waals surface area contributed by atoms with Crippen molar-refractivity contribution in [1.82, 2.24) is 19.9 Å². The smallest absolute Gasteiger partial charge is 0.253 e. The lowest BCUT2D eigenvalue weighted by Crippen LogP contribution is -2.41. The van der Waals surface area contributed by atoms with Crippen molar-refractivity contribution in [1.29, 1.82) is 0 Å². The van der Waals surface area contributed by atoms with Gasteiger partial charge in [0.2, 0.25) is 0 Å². The molecule has 0 spiro atoms. The van der Waals surface area contributed by atoms with Gasteiger partial charge in [0.1, 0.15) is 11.6 Å². The first-order valence-electron chi connectivity index (χ1n) is 13.4. The molecule has 4 unspecified atom stereocenters. The van der Waals surface area contributed by atoms with E-state index in [1.165, 1.54) is 30.9 Å². The van der Waals surface area contributed by atoms with Crippen LogP contribution in [0.4, 0.5) is 4.39 Å². The molecule has 2 saturated carbocycles. The van der Waals surface area contributed by atoms with E-state index in [2.05, 4.69) is 23.0 Å². The summed E-state index contributed by atoms with van der Waals surface area (Å²) in [6, 6.07) is 12.9. The van der Waals surface area contributed by atoms with Crippen molar-refractivity contribution in [2.75, 3.05) is 13.1 Å². The Hall–Kier alpha value is -3.28. The number of imidazole rings is 1. The molecule has 3 aliphatic rings. The van der Waals surface area contributed by atoms with Gasteiger partial charge in [-0.1, -0.05) is 6.92 Å². The minimum atomic E-state index is -0.186. The highest BCUT2D eigenvalue weighted by molar-refractivity contribution is 5.97. The van der Waals surface area contributed by atoms with Gasteiger partial charge in [-0.3, -0.25) is 9.78 Å². The number of fused-ring (bicyclic) bond motifs is 4. The highest BCUT2D eigenvalue weighted by Gasteiger charge is 2.46. The number of carbonyl (C=O) groups is 1. The Morgan fingerprint density at radius 1 is 1.08 bits per heavy atom. The first-order chi connectivity index (χ1) is 17.5. The number of amides is 1. The van der Waals surface area contributed by atoms with E-state index in [0.29, 0.717) is 29.6 Å². The van der Waals surface area contributed by atoms with Crippen molar-refractivity contribution in [2.45, 2.75) is 50.9 Å². The molecule has 184 valence electrons. The molecule has 5 atom stereocenters. The molecule has 2 bridgehead atoms. The number of benzene rings is 2. The van der Waals surface area contributed by atoms with E-state index in [0.717, 1.165) is 59.3 Å². The number of nitrogens with zero attached hydrogens (tertiary/aromatic N) is 3. The second-order valence-electron chi connectivity index (χ2n) is 11.3. The molecule has 2 aromatic carbocycles. The molecular formula is C30H31FN4O. The van der Waals surface area contributed by atoms with Crippen molar-refractivity contribution in [3.63, 3.8) is 0 Å². The summed E-state index contributed by atoms with van der Waals surface area (Å²) in [4.78, 5) is 27.4. The van der Waals surface area contributed by atoms with E-state index in [4.69, 9.17) is 4.98 Å². The molecule has 3 fully saturated rings. The van der Waals surface area contributed by atoms with Crippen molar-refractivity contribution < 1.29 is 9.18 Å². The number of aromatic amines is 1. The van der Waals surface area contributed by atoms with Gasteiger partial charge < -0.3 is 9.88 Å². The molecule has 0 radical (unpaired) electrons. The molecule has 6 heteroatoms. The molecule has 1 N–H and O–H groups in total. The summed E-state index contributed by atoms with van der Waals surface area (Å²) in [5.74, 6) is 3.86. The van der Waals surface area contributed by atoms with Gasteiger partial charge in [0.15, 0.2) is 0 Å². The van der Waals surface area contributed by atoms with Crippen LogP contribution in [-0.2, 0) is 0 Å². The van der Waals surface area contributed by atoms with Crippen LogP contribution in [-0.4, -0.2) is 38.8 Å². The van der Waals surface area contributed by atoms with Crippen LogP contribution in [0.2, 0.25) is 0 Å². The number of rotatable bonds is 5. The minimum absolute atomic E-state index is 0.119. The summed E-state index contributed by atoms with van der Waals surface area (Å²) in [7, 11) is 0. The maximum absolute atomic E-state index is 14.0. The number of likely N-dealkylation sites (tertiary alicyclic amines) is 1. The lowest BCUT2D eigenvalue weighted by molar-refractivity contribution is 0.0652. The van der Waals surface area contributed by atoms with Crippen LogP contribution < -0.4 is 0 Å². The van der Waals surface area contributed by atoms with E-state index < -0.39 is 0 Å². The SMILES string of the molecule is C[C@H](CC1CC2CC1CC2c1ccnc2ccc(F)cc12)c1nc2ccc(C(=O)N3CCC3)cc2[nH]1. The quantitative estimate of drug-likeness (QED) is 0.357. The van der Waals surface area contributed by atoms with Crippen molar-refractivity contribution in [3.8, 4) is 0 Å². The van der Waals surface area contributed by atoms with Crippen molar-refractivity contribution in [2.24, 2.45) is 17.8 Å². The molecule has 5 nitrogen and oxygen atoms in total. The van der Waals surface area contributed by atoms with Gasteiger partial charge in [0, 0.05) is 36.2 Å². The second-order valence-corrected chi connectivity index (χ2v) is 11.3. The molecule has 2 aromatic heterocycles. The predicted octanol–water partition coefficient (Wildman–Crippen LogP) is 6.42. The Labute approximate surface area is 210 Å². The number of pyridine rings is 1. The Morgan fingerprint density at radius 3 is 2.72 bits per heavy atom. The maximum Gasteiger partial charge on any atom is 0.253 e. The van der Waals surface area contributed by atoms with Crippen LogP contribution in [0.1, 0.15) is 72.6 Å². The van der Waals surface area contributed by atoms with E-state index in [1.807, 2.05) is 29.3 Å². The van der Waals surface area contributed by atoms with Gasteiger partial charge >= 0.3 is 0 Å². The number of nitrogens with one attached hydrogen (secondary N) is 1. The standard InChI is InChI=1S/C30H31FN4O/c1-17(29-33-27-5-3-18(15-28(27)34-29)30(36)35-9-2-10-35)11-19-12-21-13-20(19)14-24(21)23-7-8-32-26-6-4-22(31)16-25(23)26/h3-8,15-17,19-21,24H,2,9-14H2,1H3,(H,33,34)/t17-,19?,20?,21?,24?/m1/s1. The fraction of sp³-hybridized carbons (Fsp3) is 0.433. The predicted molar refractivity (Wildman–Crippen MR) is 138 cm³/mol. The lowest BCUT2D eigenvalue weighted by Gasteiger charge is -2.30. The summed E-state index contributed by atoms with van der Waals surface area (Å²) < 4.78 is 14.0. The third-order valence-electron chi connectivity index (χ3n) is 9.15. The van der Waals surface area contributed by atoms with Gasteiger partial charge in [-0.2, -0.15) is 0 Å². The Morgan fingerprint density at radius 2 is 1.94 bits per heavy atom. The normalized spacial score (nSPS) is 26.0. The zero-order valence-corrected chi connectivity index (χ0v) is 20.6. The minimum Gasteiger partial charge on any atom is -0.342 e. The zero-order valence-electron chi connectivity index (χ0n) is 20.6. The van der Waals surface area contributed by atoms with Crippen molar-refractivity contribution in [3.05, 3.63) is 71.4 Å². The highest BCUT2D eigenvalue weighted by atomic mass is 19.1. The molecule has 1 saturated heterocycles. The van der Waals surface area contributed by atoms with Crippen LogP contribution in [0, 0.1) is 23.6 Å². The number of aromatic nitrogens is 3. The third kappa shape index (κ3) is 3.61. The largest absolute Gasteiger partial charge is 0.342 e. The highest BCUT2D eigenvalue weighted by Crippen LogP contribution is 2.58. The first-order valence-corrected chi connectivity index (χ1v) is 13.4. The summed E-state index contributed by atoms with van der Waals surface area (Å²) in [5, 5.41) is 0.981. The van der Waals surface area contributed by atoms with Gasteiger partial charge in [0.05, 0.1) is 16.6 Å². The van der Waals surface area contributed by atoms with E-state index in [-0.39, 0.29) is 11.7 Å². The van der Waals surface area contributed by atoms with Crippen LogP contribution in [0.5, 0.6) is 0 Å². The summed E-state index contributed by atoms with van der Waals surface area (Å²) in [6.45, 7) is 3.99. The summed E-state index contributed by atoms with van der Waals surface area (Å²) in [5.41, 5.74) is 4.79. The molecule has 4 aromatic rings. The second kappa shape index (κ2) is 8.39. The Kier molecular flexibility index (Phi) is 5.12. The molecular weight excluding hydrogens is 451 g/mol. The Balaban J connectivity index is 1.05. The fourth-order valence-corrected chi connectivity index (χ4v) is 7.19. The monoisotopic (exact) mass is 482 g/mol. The fourth-order valence-electron chi connectivity index (χ4n) is 7.19. The molecule has 3 heterocycles. The van der Waals surface area contributed by atoms with Crippen LogP contribution in [0.3, 0.4) is 0 Å². The zero-order chi connectivity index (χ0) is 24.4. The number of halogens is 1. The van der Waals surface area contributed by atoms with E-state index >= 15 is 0 Å². The number of H-pyrrole nitrogens is 1. The van der Waals surface area contributed by atoms with E-state index in [9.17, 15) is 9.18 Å². The van der Waals surface area contributed by atoms with Crippen LogP contribution in [0.15, 0.2) is 48.7 Å². The topological polar surface area (TPSA) is 61.9 Å². The van der Waals surface area contributed by atoms with Crippen LogP contribution in [0.25, 0.3) is 21.9 Å². The summed E-state index contributed by atoms with van der Waals surface area (Å²) in [6.07, 6.45) is 7.78. The average Bonchev–Trinajstić information content (AvgIpc) is 3.56. The molecule has 7 rings (SSSR count). The van der Waals surface area contributed by atoms with Crippen LogP contribution >= 0.6 is 0 Å². The lowest BCUT2D eigenvalue weighted by atomic mass is 9.75. The van der Waals surface area contributed by atoms with Gasteiger partial charge in [0.25, 0.3) is 5.91 Å². The summed E-state index contributed by atoms with van der Waals surface area (Å²) >= 11 is 0. The molecule has 36 heavy (non-hydrogen) atoms.